The van der Waals surface area contributed by atoms with Crippen molar-refractivity contribution in [2.24, 2.45) is 5.92 Å². The smallest absolute Gasteiger partial charge is 0.175 e. The van der Waals surface area contributed by atoms with Gasteiger partial charge in [0.15, 0.2) is 5.65 Å². The molecule has 0 amide bonds. The summed E-state index contributed by atoms with van der Waals surface area (Å²) in [6, 6.07) is 3.98. The fourth-order valence-electron chi connectivity index (χ4n) is 2.30. The number of halogens is 1. The summed E-state index contributed by atoms with van der Waals surface area (Å²) in [6.07, 6.45) is 5.34. The predicted octanol–water partition coefficient (Wildman–Crippen LogP) is 2.46. The van der Waals surface area contributed by atoms with Crippen LogP contribution >= 0.6 is 15.9 Å². The maximum absolute atomic E-state index is 5.50. The normalized spacial score (nSPS) is 20.9. The van der Waals surface area contributed by atoms with Crippen molar-refractivity contribution in [1.82, 2.24) is 14.6 Å². The highest BCUT2D eigenvalue weighted by Gasteiger charge is 2.17. The molecule has 3 heterocycles. The van der Waals surface area contributed by atoms with Gasteiger partial charge in [-0.15, -0.1) is 10.2 Å². The molecule has 5 heteroatoms. The van der Waals surface area contributed by atoms with Crippen LogP contribution in [0.3, 0.4) is 0 Å². The van der Waals surface area contributed by atoms with E-state index in [1.54, 1.807) is 0 Å². The molecular formula is C12H14BrN3O. The van der Waals surface area contributed by atoms with Crippen LogP contribution < -0.4 is 0 Å². The number of pyridine rings is 1. The lowest BCUT2D eigenvalue weighted by Crippen LogP contribution is -2.20. The Hall–Kier alpha value is -0.940. The van der Waals surface area contributed by atoms with Gasteiger partial charge in [0.2, 0.25) is 0 Å². The molecule has 1 aliphatic rings. The Morgan fingerprint density at radius 1 is 1.47 bits per heavy atom. The molecule has 0 N–H and O–H groups in total. The molecule has 0 aromatic carbocycles. The zero-order valence-corrected chi connectivity index (χ0v) is 11.1. The van der Waals surface area contributed by atoms with Gasteiger partial charge in [-0.05, 0) is 46.8 Å². The molecule has 1 atom stereocenters. The number of fused-ring (bicyclic) bond motifs is 1. The van der Waals surface area contributed by atoms with Crippen LogP contribution in [0.25, 0.3) is 5.65 Å². The fraction of sp³-hybridized carbons (Fsp3) is 0.500. The van der Waals surface area contributed by atoms with Gasteiger partial charge in [-0.2, -0.15) is 0 Å². The Kier molecular flexibility index (Phi) is 3.11. The lowest BCUT2D eigenvalue weighted by molar-refractivity contribution is 0.0542. The molecule has 2 aromatic rings. The van der Waals surface area contributed by atoms with E-state index < -0.39 is 0 Å². The standard InChI is InChI=1S/C12H14BrN3O/c13-10-4-1-5-16-11(14-15-12(10)16)7-9-3-2-6-17-8-9/h1,4-5,9H,2-3,6-8H2. The third kappa shape index (κ3) is 2.21. The van der Waals surface area contributed by atoms with Gasteiger partial charge >= 0.3 is 0 Å². The first-order valence-corrected chi connectivity index (χ1v) is 6.70. The van der Waals surface area contributed by atoms with Crippen molar-refractivity contribution in [3.05, 3.63) is 28.6 Å². The fourth-order valence-corrected chi connectivity index (χ4v) is 2.72. The highest BCUT2D eigenvalue weighted by atomic mass is 79.9. The zero-order chi connectivity index (χ0) is 11.7. The summed E-state index contributed by atoms with van der Waals surface area (Å²) in [5.41, 5.74) is 0.888. The zero-order valence-electron chi connectivity index (χ0n) is 9.47. The van der Waals surface area contributed by atoms with Crippen LogP contribution in [0.4, 0.5) is 0 Å². The summed E-state index contributed by atoms with van der Waals surface area (Å²) >= 11 is 3.49. The molecule has 0 aliphatic carbocycles. The molecule has 4 nitrogen and oxygen atoms in total. The van der Waals surface area contributed by atoms with Crippen LogP contribution in [-0.2, 0) is 11.2 Å². The molecule has 0 bridgehead atoms. The van der Waals surface area contributed by atoms with E-state index in [1.165, 1.54) is 6.42 Å². The minimum Gasteiger partial charge on any atom is -0.381 e. The average Bonchev–Trinajstić information content (AvgIpc) is 2.76. The molecular weight excluding hydrogens is 282 g/mol. The number of hydrogen-bond acceptors (Lipinski definition) is 3. The number of nitrogens with zero attached hydrogens (tertiary/aromatic N) is 3. The monoisotopic (exact) mass is 295 g/mol. The Morgan fingerprint density at radius 3 is 3.24 bits per heavy atom. The van der Waals surface area contributed by atoms with Crippen molar-refractivity contribution in [3.8, 4) is 0 Å². The van der Waals surface area contributed by atoms with Crippen molar-refractivity contribution in [2.45, 2.75) is 19.3 Å². The van der Waals surface area contributed by atoms with Crippen LogP contribution in [0.15, 0.2) is 22.8 Å². The largest absolute Gasteiger partial charge is 0.381 e. The van der Waals surface area contributed by atoms with E-state index in [-0.39, 0.29) is 0 Å². The summed E-state index contributed by atoms with van der Waals surface area (Å²) in [4.78, 5) is 0. The minimum absolute atomic E-state index is 0.579. The van der Waals surface area contributed by atoms with Crippen LogP contribution in [0.1, 0.15) is 18.7 Å². The third-order valence-corrected chi connectivity index (χ3v) is 3.80. The number of ether oxygens (including phenoxy) is 1. The summed E-state index contributed by atoms with van der Waals surface area (Å²) in [5.74, 6) is 1.60. The van der Waals surface area contributed by atoms with Crippen LogP contribution in [-0.4, -0.2) is 27.8 Å². The van der Waals surface area contributed by atoms with E-state index in [4.69, 9.17) is 4.74 Å². The van der Waals surface area contributed by atoms with E-state index in [1.807, 2.05) is 18.3 Å². The van der Waals surface area contributed by atoms with Crippen molar-refractivity contribution in [3.63, 3.8) is 0 Å². The number of hydrogen-bond donors (Lipinski definition) is 0. The lowest BCUT2D eigenvalue weighted by atomic mass is 9.98. The quantitative estimate of drug-likeness (QED) is 0.854. The Balaban J connectivity index is 1.87. The maximum Gasteiger partial charge on any atom is 0.175 e. The average molecular weight is 296 g/mol. The molecule has 0 spiro atoms. The van der Waals surface area contributed by atoms with Crippen molar-refractivity contribution in [2.75, 3.05) is 13.2 Å². The van der Waals surface area contributed by atoms with Gasteiger partial charge in [0.1, 0.15) is 5.82 Å². The van der Waals surface area contributed by atoms with E-state index in [0.717, 1.165) is 42.0 Å². The van der Waals surface area contributed by atoms with Gasteiger partial charge in [-0.3, -0.25) is 4.40 Å². The van der Waals surface area contributed by atoms with E-state index >= 15 is 0 Å². The molecule has 1 aliphatic heterocycles. The van der Waals surface area contributed by atoms with Gasteiger partial charge in [0, 0.05) is 25.8 Å². The molecule has 0 saturated carbocycles. The number of aromatic nitrogens is 3. The molecule has 1 saturated heterocycles. The van der Waals surface area contributed by atoms with Crippen molar-refractivity contribution < 1.29 is 4.74 Å². The second-order valence-electron chi connectivity index (χ2n) is 4.45. The van der Waals surface area contributed by atoms with Gasteiger partial charge < -0.3 is 4.74 Å². The molecule has 90 valence electrons. The van der Waals surface area contributed by atoms with E-state index in [2.05, 4.69) is 30.5 Å². The first-order chi connectivity index (χ1) is 8.34. The topological polar surface area (TPSA) is 39.4 Å². The molecule has 2 aromatic heterocycles. The van der Waals surface area contributed by atoms with Crippen molar-refractivity contribution in [1.29, 1.82) is 0 Å². The molecule has 0 radical (unpaired) electrons. The summed E-state index contributed by atoms with van der Waals surface area (Å²) in [5, 5.41) is 8.49. The first-order valence-electron chi connectivity index (χ1n) is 5.90. The number of rotatable bonds is 2. The summed E-state index contributed by atoms with van der Waals surface area (Å²) < 4.78 is 8.54. The minimum atomic E-state index is 0.579. The Bertz CT molecular complexity index is 519. The molecule has 3 rings (SSSR count). The van der Waals surface area contributed by atoms with E-state index in [9.17, 15) is 0 Å². The maximum atomic E-state index is 5.50. The van der Waals surface area contributed by atoms with Crippen LogP contribution in [0.2, 0.25) is 0 Å². The third-order valence-electron chi connectivity index (χ3n) is 3.18. The lowest BCUT2D eigenvalue weighted by Gasteiger charge is -2.20. The van der Waals surface area contributed by atoms with Gasteiger partial charge in [0.05, 0.1) is 4.47 Å². The highest BCUT2D eigenvalue weighted by molar-refractivity contribution is 9.10. The Morgan fingerprint density at radius 2 is 2.41 bits per heavy atom. The molecule has 1 unspecified atom stereocenters. The van der Waals surface area contributed by atoms with Gasteiger partial charge in [-0.25, -0.2) is 0 Å². The SMILES string of the molecule is Brc1cccn2c(CC3CCCOC3)nnc12. The second kappa shape index (κ2) is 4.74. The predicted molar refractivity (Wildman–Crippen MR) is 67.9 cm³/mol. The van der Waals surface area contributed by atoms with Crippen LogP contribution in [0.5, 0.6) is 0 Å². The first kappa shape index (κ1) is 11.2. The molecule has 1 fully saturated rings. The van der Waals surface area contributed by atoms with Crippen LogP contribution in [0, 0.1) is 5.92 Å². The second-order valence-corrected chi connectivity index (χ2v) is 5.31. The molecule has 17 heavy (non-hydrogen) atoms. The summed E-state index contributed by atoms with van der Waals surface area (Å²) in [7, 11) is 0. The van der Waals surface area contributed by atoms with Gasteiger partial charge in [0.25, 0.3) is 0 Å². The summed E-state index contributed by atoms with van der Waals surface area (Å²) in [6.45, 7) is 1.76. The van der Waals surface area contributed by atoms with E-state index in [0.29, 0.717) is 5.92 Å². The van der Waals surface area contributed by atoms with Crippen molar-refractivity contribution >= 4 is 21.6 Å². The van der Waals surface area contributed by atoms with Gasteiger partial charge in [-0.1, -0.05) is 0 Å². The Labute approximate surface area is 108 Å². The highest BCUT2D eigenvalue weighted by Crippen LogP contribution is 2.21.